The molecule has 0 aliphatic carbocycles. The molecule has 0 radical (unpaired) electrons. The summed E-state index contributed by atoms with van der Waals surface area (Å²) in [5.74, 6) is 0.409. The van der Waals surface area contributed by atoms with E-state index in [4.69, 9.17) is 22.1 Å². The van der Waals surface area contributed by atoms with Crippen molar-refractivity contribution in [2.75, 3.05) is 13.7 Å². The summed E-state index contributed by atoms with van der Waals surface area (Å²) in [5.41, 5.74) is 7.63. The molecule has 2 nitrogen and oxygen atoms in total. The molecule has 20 heavy (non-hydrogen) atoms. The topological polar surface area (TPSA) is 35.2 Å². The van der Waals surface area contributed by atoms with E-state index in [0.717, 1.165) is 11.1 Å². The fourth-order valence-electron chi connectivity index (χ4n) is 2.30. The van der Waals surface area contributed by atoms with E-state index in [0.29, 0.717) is 23.7 Å². The molecule has 0 spiro atoms. The smallest absolute Gasteiger partial charge is 0.123 e. The highest BCUT2D eigenvalue weighted by atomic mass is 35.5. The Hall–Kier alpha value is -1.58. The second-order valence-corrected chi connectivity index (χ2v) is 5.02. The molecule has 106 valence electrons. The molecule has 2 aromatic rings. The molecule has 0 aliphatic heterocycles. The second-order valence-electron chi connectivity index (χ2n) is 4.61. The Balaban J connectivity index is 2.31. The zero-order chi connectivity index (χ0) is 14.5. The van der Waals surface area contributed by atoms with Crippen molar-refractivity contribution in [1.29, 1.82) is 0 Å². The van der Waals surface area contributed by atoms with Gasteiger partial charge in [0.2, 0.25) is 0 Å². The number of benzene rings is 2. The number of hydrogen-bond acceptors (Lipinski definition) is 2. The van der Waals surface area contributed by atoms with Crippen LogP contribution in [-0.2, 0) is 6.42 Å². The van der Waals surface area contributed by atoms with Crippen LogP contribution >= 0.6 is 11.6 Å². The van der Waals surface area contributed by atoms with Crippen molar-refractivity contribution in [1.82, 2.24) is 0 Å². The molecule has 0 bridgehead atoms. The molecule has 2 N–H and O–H groups in total. The first kappa shape index (κ1) is 14.8. The fraction of sp³-hybridized carbons (Fsp3) is 0.250. The van der Waals surface area contributed by atoms with Crippen LogP contribution in [0, 0.1) is 5.82 Å². The number of methoxy groups -OCH3 is 1. The SMILES string of the molecule is COc1ccc(F)cc1CC(CN)c1ccccc1Cl. The third-order valence-electron chi connectivity index (χ3n) is 3.34. The van der Waals surface area contributed by atoms with E-state index in [9.17, 15) is 4.39 Å². The van der Waals surface area contributed by atoms with Crippen molar-refractivity contribution in [2.24, 2.45) is 5.73 Å². The van der Waals surface area contributed by atoms with Gasteiger partial charge in [-0.3, -0.25) is 0 Å². The number of rotatable bonds is 5. The van der Waals surface area contributed by atoms with Gasteiger partial charge in [0.05, 0.1) is 7.11 Å². The van der Waals surface area contributed by atoms with Crippen LogP contribution in [0.1, 0.15) is 17.0 Å². The summed E-state index contributed by atoms with van der Waals surface area (Å²) in [6.45, 7) is 0.434. The molecular formula is C16H17ClFNO. The van der Waals surface area contributed by atoms with E-state index in [1.54, 1.807) is 13.2 Å². The third-order valence-corrected chi connectivity index (χ3v) is 3.68. The van der Waals surface area contributed by atoms with Crippen LogP contribution in [0.15, 0.2) is 42.5 Å². The molecule has 0 aromatic heterocycles. The van der Waals surface area contributed by atoms with E-state index in [2.05, 4.69) is 0 Å². The Morgan fingerprint density at radius 1 is 1.25 bits per heavy atom. The maximum Gasteiger partial charge on any atom is 0.123 e. The third kappa shape index (κ3) is 3.30. The molecule has 0 amide bonds. The lowest BCUT2D eigenvalue weighted by molar-refractivity contribution is 0.406. The van der Waals surface area contributed by atoms with Crippen molar-refractivity contribution in [3.63, 3.8) is 0 Å². The van der Waals surface area contributed by atoms with Crippen molar-refractivity contribution >= 4 is 11.6 Å². The average molecular weight is 294 g/mol. The zero-order valence-corrected chi connectivity index (χ0v) is 12.0. The first-order valence-corrected chi connectivity index (χ1v) is 6.80. The van der Waals surface area contributed by atoms with Crippen LogP contribution in [-0.4, -0.2) is 13.7 Å². The predicted octanol–water partition coefficient (Wildman–Crippen LogP) is 3.77. The number of hydrogen-bond donors (Lipinski definition) is 1. The lowest BCUT2D eigenvalue weighted by Crippen LogP contribution is -2.16. The van der Waals surface area contributed by atoms with Crippen molar-refractivity contribution in [3.8, 4) is 5.75 Å². The Kier molecular flexibility index (Phi) is 4.99. The standard InChI is InChI=1S/C16H17ClFNO/c1-20-16-7-6-13(18)9-11(16)8-12(10-19)14-4-2-3-5-15(14)17/h2-7,9,12H,8,10,19H2,1H3. The zero-order valence-electron chi connectivity index (χ0n) is 11.3. The minimum atomic E-state index is -0.282. The van der Waals surface area contributed by atoms with Crippen LogP contribution in [0.25, 0.3) is 0 Å². The molecule has 0 saturated carbocycles. The van der Waals surface area contributed by atoms with Gasteiger partial charge in [-0.1, -0.05) is 29.8 Å². The molecule has 1 atom stereocenters. The molecule has 0 heterocycles. The Bertz CT molecular complexity index is 588. The normalized spacial score (nSPS) is 12.2. The van der Waals surface area contributed by atoms with E-state index in [1.807, 2.05) is 24.3 Å². The van der Waals surface area contributed by atoms with E-state index >= 15 is 0 Å². The second kappa shape index (κ2) is 6.73. The van der Waals surface area contributed by atoms with Gasteiger partial charge in [0.15, 0.2) is 0 Å². The lowest BCUT2D eigenvalue weighted by Gasteiger charge is -2.18. The van der Waals surface area contributed by atoms with E-state index in [-0.39, 0.29) is 11.7 Å². The van der Waals surface area contributed by atoms with Gasteiger partial charge in [0.1, 0.15) is 11.6 Å². The summed E-state index contributed by atoms with van der Waals surface area (Å²) in [4.78, 5) is 0. The maximum atomic E-state index is 13.4. The molecule has 2 aromatic carbocycles. The first-order valence-electron chi connectivity index (χ1n) is 6.42. The highest BCUT2D eigenvalue weighted by Crippen LogP contribution is 2.30. The van der Waals surface area contributed by atoms with Crippen LogP contribution in [0.3, 0.4) is 0 Å². The summed E-state index contributed by atoms with van der Waals surface area (Å²) in [5, 5.41) is 0.679. The van der Waals surface area contributed by atoms with Gasteiger partial charge < -0.3 is 10.5 Å². The summed E-state index contributed by atoms with van der Waals surface area (Å²) < 4.78 is 18.7. The van der Waals surface area contributed by atoms with E-state index in [1.165, 1.54) is 12.1 Å². The van der Waals surface area contributed by atoms with Gasteiger partial charge in [-0.2, -0.15) is 0 Å². The minimum Gasteiger partial charge on any atom is -0.496 e. The van der Waals surface area contributed by atoms with Crippen LogP contribution in [0.2, 0.25) is 5.02 Å². The fourth-order valence-corrected chi connectivity index (χ4v) is 2.59. The van der Waals surface area contributed by atoms with Gasteiger partial charge in [0.25, 0.3) is 0 Å². The minimum absolute atomic E-state index is 0.0272. The summed E-state index contributed by atoms with van der Waals surface area (Å²) in [6, 6.07) is 12.1. The summed E-state index contributed by atoms with van der Waals surface area (Å²) in [6.07, 6.45) is 0.584. The van der Waals surface area contributed by atoms with Crippen LogP contribution in [0.5, 0.6) is 5.75 Å². The van der Waals surface area contributed by atoms with Crippen molar-refractivity contribution in [2.45, 2.75) is 12.3 Å². The van der Waals surface area contributed by atoms with Crippen molar-refractivity contribution in [3.05, 3.63) is 64.4 Å². The molecule has 0 aliphatic rings. The van der Waals surface area contributed by atoms with Gasteiger partial charge in [-0.05, 0) is 48.4 Å². The number of nitrogens with two attached hydrogens (primary N) is 1. The molecule has 2 rings (SSSR count). The number of ether oxygens (including phenoxy) is 1. The quantitative estimate of drug-likeness (QED) is 0.911. The van der Waals surface area contributed by atoms with Crippen LogP contribution < -0.4 is 10.5 Å². The Morgan fingerprint density at radius 3 is 2.65 bits per heavy atom. The van der Waals surface area contributed by atoms with Crippen molar-refractivity contribution < 1.29 is 9.13 Å². The van der Waals surface area contributed by atoms with E-state index < -0.39 is 0 Å². The summed E-state index contributed by atoms with van der Waals surface area (Å²) in [7, 11) is 1.57. The highest BCUT2D eigenvalue weighted by molar-refractivity contribution is 6.31. The van der Waals surface area contributed by atoms with Gasteiger partial charge in [-0.25, -0.2) is 4.39 Å². The summed E-state index contributed by atoms with van der Waals surface area (Å²) >= 11 is 6.21. The molecule has 0 saturated heterocycles. The molecule has 1 unspecified atom stereocenters. The maximum absolute atomic E-state index is 13.4. The first-order chi connectivity index (χ1) is 9.65. The van der Waals surface area contributed by atoms with Gasteiger partial charge in [-0.15, -0.1) is 0 Å². The molecular weight excluding hydrogens is 277 g/mol. The predicted molar refractivity (Wildman–Crippen MR) is 79.9 cm³/mol. The Labute approximate surface area is 123 Å². The number of halogens is 2. The monoisotopic (exact) mass is 293 g/mol. The Morgan fingerprint density at radius 2 is 2.00 bits per heavy atom. The molecule has 4 heteroatoms. The molecule has 0 fully saturated rings. The van der Waals surface area contributed by atoms with Gasteiger partial charge >= 0.3 is 0 Å². The lowest BCUT2D eigenvalue weighted by atomic mass is 9.91. The van der Waals surface area contributed by atoms with Gasteiger partial charge in [0, 0.05) is 10.9 Å². The largest absolute Gasteiger partial charge is 0.496 e. The highest BCUT2D eigenvalue weighted by Gasteiger charge is 2.16. The average Bonchev–Trinajstić information content (AvgIpc) is 2.46. The van der Waals surface area contributed by atoms with Crippen LogP contribution in [0.4, 0.5) is 4.39 Å².